The van der Waals surface area contributed by atoms with E-state index < -0.39 is 5.97 Å². The van der Waals surface area contributed by atoms with Crippen LogP contribution in [0.1, 0.15) is 52.8 Å². The monoisotopic (exact) mass is 433 g/mol. The average Bonchev–Trinajstić information content (AvgIpc) is 3.37. The molecule has 8 nitrogen and oxygen atoms in total. The molecule has 1 amide bonds. The first-order valence-corrected chi connectivity index (χ1v) is 10.6. The van der Waals surface area contributed by atoms with E-state index >= 15 is 0 Å². The Morgan fingerprint density at radius 3 is 2.90 bits per heavy atom. The fraction of sp³-hybridized carbons (Fsp3) is 0.421. The molecule has 0 saturated carbocycles. The molecule has 0 saturated heterocycles. The molecule has 1 aliphatic heterocycles. The average molecular weight is 434 g/mol. The van der Waals surface area contributed by atoms with Gasteiger partial charge in [0.2, 0.25) is 5.13 Å². The van der Waals surface area contributed by atoms with Gasteiger partial charge in [0.15, 0.2) is 0 Å². The van der Waals surface area contributed by atoms with E-state index in [2.05, 4.69) is 20.4 Å². The summed E-state index contributed by atoms with van der Waals surface area (Å²) in [6.45, 7) is 3.68. The van der Waals surface area contributed by atoms with Crippen molar-refractivity contribution in [3.8, 4) is 5.13 Å². The minimum atomic E-state index is -0.981. The fourth-order valence-electron chi connectivity index (χ4n) is 3.67. The summed E-state index contributed by atoms with van der Waals surface area (Å²) in [4.78, 5) is 32.6. The molecular weight excluding hydrogens is 414 g/mol. The topological polar surface area (TPSA) is 109 Å². The number of rotatable bonds is 5. The first kappa shape index (κ1) is 19.8. The van der Waals surface area contributed by atoms with Gasteiger partial charge < -0.3 is 10.4 Å². The van der Waals surface area contributed by atoms with Gasteiger partial charge in [-0.2, -0.15) is 5.10 Å². The lowest BCUT2D eigenvalue weighted by atomic mass is 9.93. The highest BCUT2D eigenvalue weighted by atomic mass is 35.5. The van der Waals surface area contributed by atoms with Gasteiger partial charge >= 0.3 is 5.97 Å². The summed E-state index contributed by atoms with van der Waals surface area (Å²) in [6.07, 6.45) is 5.19. The minimum absolute atomic E-state index is 0.00702. The Morgan fingerprint density at radius 1 is 1.45 bits per heavy atom. The Labute approximate surface area is 176 Å². The number of aromatic carboxylic acids is 1. The van der Waals surface area contributed by atoms with Crippen molar-refractivity contribution in [1.82, 2.24) is 20.1 Å². The van der Waals surface area contributed by atoms with E-state index in [1.54, 1.807) is 17.8 Å². The minimum Gasteiger partial charge on any atom is -0.477 e. The molecule has 0 spiro atoms. The Hall–Kier alpha value is -2.52. The molecule has 3 heterocycles. The number of amides is 1. The lowest BCUT2D eigenvalue weighted by Crippen LogP contribution is -2.42. The number of halogens is 1. The normalized spacial score (nSPS) is 18.6. The Kier molecular flexibility index (Phi) is 5.26. The van der Waals surface area contributed by atoms with Crippen molar-refractivity contribution in [2.45, 2.75) is 52.0 Å². The zero-order valence-electron chi connectivity index (χ0n) is 16.0. The maximum absolute atomic E-state index is 12.6. The number of aliphatic imine (C=N–C) groups is 1. The van der Waals surface area contributed by atoms with Crippen molar-refractivity contribution in [2.24, 2.45) is 4.99 Å². The summed E-state index contributed by atoms with van der Waals surface area (Å²) in [7, 11) is 0. The molecule has 0 fully saturated rings. The smallest absolute Gasteiger partial charge is 0.347 e. The number of hydrogen-bond acceptors (Lipinski definition) is 6. The summed E-state index contributed by atoms with van der Waals surface area (Å²) in [5, 5.41) is 17.7. The van der Waals surface area contributed by atoms with Gasteiger partial charge in [-0.25, -0.2) is 19.5 Å². The maximum atomic E-state index is 12.6. The third kappa shape index (κ3) is 3.72. The van der Waals surface area contributed by atoms with E-state index in [-0.39, 0.29) is 16.8 Å². The molecule has 4 rings (SSSR count). The summed E-state index contributed by atoms with van der Waals surface area (Å²) >= 11 is 7.20. The van der Waals surface area contributed by atoms with Crippen LogP contribution in [0.3, 0.4) is 0 Å². The number of fused-ring (bicyclic) bond motifs is 1. The Morgan fingerprint density at radius 2 is 2.24 bits per heavy atom. The van der Waals surface area contributed by atoms with Crippen molar-refractivity contribution in [2.75, 3.05) is 0 Å². The van der Waals surface area contributed by atoms with E-state index in [0.717, 1.165) is 41.0 Å². The molecule has 10 heteroatoms. The van der Waals surface area contributed by atoms with Crippen LogP contribution in [0.2, 0.25) is 0 Å². The van der Waals surface area contributed by atoms with Crippen LogP contribution in [0, 0.1) is 6.92 Å². The van der Waals surface area contributed by atoms with Crippen molar-refractivity contribution >= 4 is 40.5 Å². The molecular formula is C19H20ClN5O3S. The van der Waals surface area contributed by atoms with Crippen LogP contribution in [0.25, 0.3) is 5.13 Å². The predicted octanol–water partition coefficient (Wildman–Crippen LogP) is 3.01. The number of thiazole rings is 1. The van der Waals surface area contributed by atoms with Crippen molar-refractivity contribution in [1.29, 1.82) is 0 Å². The predicted molar refractivity (Wildman–Crippen MR) is 110 cm³/mol. The Bertz CT molecular complexity index is 1070. The third-order valence-electron chi connectivity index (χ3n) is 5.24. The second-order valence-corrected chi connectivity index (χ2v) is 8.48. The maximum Gasteiger partial charge on any atom is 0.347 e. The van der Waals surface area contributed by atoms with Crippen LogP contribution >= 0.6 is 22.9 Å². The van der Waals surface area contributed by atoms with Gasteiger partial charge in [0.1, 0.15) is 15.7 Å². The summed E-state index contributed by atoms with van der Waals surface area (Å²) in [5.74, 6) is -1.15. The van der Waals surface area contributed by atoms with Crippen LogP contribution in [-0.4, -0.2) is 43.5 Å². The molecule has 2 aromatic heterocycles. The highest BCUT2D eigenvalue weighted by Gasteiger charge is 2.28. The summed E-state index contributed by atoms with van der Waals surface area (Å²) < 4.78 is 1.72. The first-order valence-electron chi connectivity index (χ1n) is 9.40. The summed E-state index contributed by atoms with van der Waals surface area (Å²) in [5.41, 5.74) is 3.98. The molecule has 0 bridgehead atoms. The van der Waals surface area contributed by atoms with Gasteiger partial charge in [-0.3, -0.25) is 4.79 Å². The molecule has 0 aromatic carbocycles. The number of aryl methyl sites for hydroxylation is 1. The molecule has 2 N–H and O–H groups in total. The summed E-state index contributed by atoms with van der Waals surface area (Å²) in [6, 6.07) is -0.00702. The van der Waals surface area contributed by atoms with Gasteiger partial charge in [-0.15, -0.1) is 0 Å². The molecule has 0 radical (unpaired) electrons. The SMILES string of the molecule is CCC1=C(Cl)N=C(C(=O)NC2CCc3c(cnn3-c3nc(C)c(C(=O)O)s3)C2)C1. The number of allylic oxidation sites excluding steroid dienone is 1. The number of carbonyl (C=O) groups excluding carboxylic acids is 1. The van der Waals surface area contributed by atoms with Gasteiger partial charge in [0, 0.05) is 12.5 Å². The molecule has 2 aliphatic rings. The van der Waals surface area contributed by atoms with E-state index in [0.29, 0.717) is 41.0 Å². The second-order valence-electron chi connectivity index (χ2n) is 7.14. The lowest BCUT2D eigenvalue weighted by Gasteiger charge is -2.23. The number of nitrogens with one attached hydrogen (secondary N) is 1. The fourth-order valence-corrected chi connectivity index (χ4v) is 4.86. The standard InChI is InChI=1S/C19H20ClN5O3S/c1-3-10-7-13(24-16(10)20)17(26)23-12-4-5-14-11(6-12)8-21-25(14)19-22-9(2)15(29-19)18(27)28/h8,12H,3-7H2,1-2H3,(H,23,26)(H,27,28). The molecule has 1 atom stereocenters. The lowest BCUT2D eigenvalue weighted by molar-refractivity contribution is -0.115. The molecule has 152 valence electrons. The third-order valence-corrected chi connectivity index (χ3v) is 6.71. The van der Waals surface area contributed by atoms with Crippen molar-refractivity contribution < 1.29 is 14.7 Å². The van der Waals surface area contributed by atoms with Gasteiger partial charge in [-0.1, -0.05) is 29.9 Å². The van der Waals surface area contributed by atoms with Crippen LogP contribution in [0.5, 0.6) is 0 Å². The molecule has 29 heavy (non-hydrogen) atoms. The zero-order valence-corrected chi connectivity index (χ0v) is 17.6. The molecule has 1 aliphatic carbocycles. The number of carbonyl (C=O) groups is 2. The highest BCUT2D eigenvalue weighted by molar-refractivity contribution is 7.16. The molecule has 2 aromatic rings. The van der Waals surface area contributed by atoms with E-state index in [9.17, 15) is 14.7 Å². The number of carboxylic acid groups (broad SMARTS) is 1. The first-order chi connectivity index (χ1) is 13.9. The van der Waals surface area contributed by atoms with Crippen LogP contribution in [0.4, 0.5) is 0 Å². The number of hydrogen-bond donors (Lipinski definition) is 2. The Balaban J connectivity index is 1.46. The molecule has 1 unspecified atom stereocenters. The number of nitrogens with zero attached hydrogens (tertiary/aromatic N) is 4. The zero-order chi connectivity index (χ0) is 20.7. The second kappa shape index (κ2) is 7.72. The van der Waals surface area contributed by atoms with E-state index in [1.165, 1.54) is 0 Å². The highest BCUT2D eigenvalue weighted by Crippen LogP contribution is 2.28. The van der Waals surface area contributed by atoms with Crippen molar-refractivity contribution in [3.05, 3.63) is 38.8 Å². The quantitative estimate of drug-likeness (QED) is 0.704. The van der Waals surface area contributed by atoms with Gasteiger partial charge in [0.25, 0.3) is 5.91 Å². The van der Waals surface area contributed by atoms with Crippen LogP contribution < -0.4 is 5.32 Å². The number of aromatic nitrogens is 3. The largest absolute Gasteiger partial charge is 0.477 e. The van der Waals surface area contributed by atoms with E-state index in [4.69, 9.17) is 11.6 Å². The van der Waals surface area contributed by atoms with E-state index in [1.807, 2.05) is 6.92 Å². The van der Waals surface area contributed by atoms with Crippen LogP contribution in [0.15, 0.2) is 21.9 Å². The number of carboxylic acids is 1. The van der Waals surface area contributed by atoms with Crippen molar-refractivity contribution in [3.63, 3.8) is 0 Å². The van der Waals surface area contributed by atoms with Gasteiger partial charge in [0.05, 0.1) is 17.6 Å². The van der Waals surface area contributed by atoms with Crippen LogP contribution in [-0.2, 0) is 17.6 Å². The van der Waals surface area contributed by atoms with Gasteiger partial charge in [-0.05, 0) is 43.7 Å².